The average Bonchev–Trinajstić information content (AvgIpc) is 2.76. The second-order valence-electron chi connectivity index (χ2n) is 3.94. The number of nitrogens with two attached hydrogens (primary N) is 1. The summed E-state index contributed by atoms with van der Waals surface area (Å²) in [7, 11) is 0. The standard InChI is InChI=1S/C11H8ClFN6/c1-4-15-3-6(17-4)7-5(13)2-16-10-8(7)9(14)18-11(12)19-10/h2-3H,1H3,(H,15,17)(H2,14,16,18,19). The molecule has 0 unspecified atom stereocenters. The number of aryl methyl sites for hydroxylation is 1. The van der Waals surface area contributed by atoms with Gasteiger partial charge in [0.1, 0.15) is 11.6 Å². The first-order valence-electron chi connectivity index (χ1n) is 5.35. The van der Waals surface area contributed by atoms with Gasteiger partial charge in [0, 0.05) is 0 Å². The first-order chi connectivity index (χ1) is 9.06. The molecular weight excluding hydrogens is 271 g/mol. The number of H-pyrrole nitrogens is 1. The van der Waals surface area contributed by atoms with Crippen LogP contribution in [0.1, 0.15) is 5.82 Å². The van der Waals surface area contributed by atoms with E-state index in [4.69, 9.17) is 17.3 Å². The summed E-state index contributed by atoms with van der Waals surface area (Å²) in [6, 6.07) is 0. The number of aromatic amines is 1. The van der Waals surface area contributed by atoms with Gasteiger partial charge in [-0.15, -0.1) is 0 Å². The number of pyridine rings is 1. The van der Waals surface area contributed by atoms with E-state index in [1.54, 1.807) is 6.92 Å². The molecule has 3 aromatic rings. The third kappa shape index (κ3) is 1.88. The monoisotopic (exact) mass is 278 g/mol. The van der Waals surface area contributed by atoms with E-state index in [0.717, 1.165) is 6.20 Å². The van der Waals surface area contributed by atoms with Gasteiger partial charge in [-0.2, -0.15) is 4.98 Å². The topological polar surface area (TPSA) is 93.4 Å². The highest BCUT2D eigenvalue weighted by atomic mass is 35.5. The minimum atomic E-state index is -0.534. The fourth-order valence-electron chi connectivity index (χ4n) is 1.88. The van der Waals surface area contributed by atoms with Crippen molar-refractivity contribution in [3.63, 3.8) is 0 Å². The Morgan fingerprint density at radius 3 is 2.74 bits per heavy atom. The Bertz CT molecular complexity index is 784. The smallest absolute Gasteiger partial charge is 0.226 e. The van der Waals surface area contributed by atoms with Gasteiger partial charge in [0.25, 0.3) is 0 Å². The van der Waals surface area contributed by atoms with Crippen LogP contribution in [0.15, 0.2) is 12.4 Å². The molecule has 0 aromatic carbocycles. The molecule has 0 saturated carbocycles. The van der Waals surface area contributed by atoms with Crippen LogP contribution in [0.4, 0.5) is 10.2 Å². The molecule has 8 heteroatoms. The van der Waals surface area contributed by atoms with Crippen LogP contribution in [-0.4, -0.2) is 24.9 Å². The third-order valence-corrected chi connectivity index (χ3v) is 2.82. The molecule has 0 aliphatic rings. The number of nitrogens with zero attached hydrogens (tertiary/aromatic N) is 4. The highest BCUT2D eigenvalue weighted by molar-refractivity contribution is 6.28. The lowest BCUT2D eigenvalue weighted by Crippen LogP contribution is -2.00. The maximum absolute atomic E-state index is 14.0. The summed E-state index contributed by atoms with van der Waals surface area (Å²) in [5, 5.41) is 0.281. The lowest BCUT2D eigenvalue weighted by molar-refractivity contribution is 0.626. The van der Waals surface area contributed by atoms with Crippen LogP contribution in [0.25, 0.3) is 22.3 Å². The second-order valence-corrected chi connectivity index (χ2v) is 4.28. The van der Waals surface area contributed by atoms with Crippen molar-refractivity contribution in [3.8, 4) is 11.3 Å². The van der Waals surface area contributed by atoms with Crippen molar-refractivity contribution in [1.82, 2.24) is 24.9 Å². The Labute approximate surface area is 111 Å². The van der Waals surface area contributed by atoms with Crippen LogP contribution in [-0.2, 0) is 0 Å². The van der Waals surface area contributed by atoms with Crippen molar-refractivity contribution in [2.45, 2.75) is 6.92 Å². The maximum atomic E-state index is 14.0. The van der Waals surface area contributed by atoms with Crippen molar-refractivity contribution in [3.05, 3.63) is 29.3 Å². The molecular formula is C11H8ClFN6. The fraction of sp³-hybridized carbons (Fsp3) is 0.0909. The van der Waals surface area contributed by atoms with Gasteiger partial charge in [0.15, 0.2) is 11.5 Å². The molecule has 3 rings (SSSR count). The number of hydrogen-bond acceptors (Lipinski definition) is 5. The van der Waals surface area contributed by atoms with Gasteiger partial charge in [-0.3, -0.25) is 0 Å². The summed E-state index contributed by atoms with van der Waals surface area (Å²) in [5.41, 5.74) is 6.75. The molecule has 19 heavy (non-hydrogen) atoms. The molecule has 3 N–H and O–H groups in total. The molecule has 0 bridgehead atoms. The van der Waals surface area contributed by atoms with Crippen LogP contribution >= 0.6 is 11.6 Å². The molecule has 0 fully saturated rings. The van der Waals surface area contributed by atoms with Gasteiger partial charge >= 0.3 is 0 Å². The fourth-order valence-corrected chi connectivity index (χ4v) is 2.06. The van der Waals surface area contributed by atoms with E-state index >= 15 is 0 Å². The van der Waals surface area contributed by atoms with Gasteiger partial charge < -0.3 is 10.7 Å². The number of nitrogens with one attached hydrogen (secondary N) is 1. The highest BCUT2D eigenvalue weighted by Gasteiger charge is 2.17. The van der Waals surface area contributed by atoms with E-state index in [-0.39, 0.29) is 22.3 Å². The quantitative estimate of drug-likeness (QED) is 0.665. The van der Waals surface area contributed by atoms with Gasteiger partial charge in [-0.1, -0.05) is 0 Å². The minimum absolute atomic E-state index is 0.0316. The predicted molar refractivity (Wildman–Crippen MR) is 69.0 cm³/mol. The second kappa shape index (κ2) is 4.13. The van der Waals surface area contributed by atoms with Gasteiger partial charge in [0.05, 0.1) is 29.0 Å². The molecule has 96 valence electrons. The Kier molecular flexibility index (Phi) is 2.56. The zero-order chi connectivity index (χ0) is 13.6. The summed E-state index contributed by atoms with van der Waals surface area (Å²) < 4.78 is 14.0. The van der Waals surface area contributed by atoms with Crippen molar-refractivity contribution in [2.24, 2.45) is 0 Å². The maximum Gasteiger partial charge on any atom is 0.226 e. The lowest BCUT2D eigenvalue weighted by Gasteiger charge is -2.07. The number of nitrogen functional groups attached to an aromatic ring is 1. The van der Waals surface area contributed by atoms with Gasteiger partial charge in [0.2, 0.25) is 5.28 Å². The number of halogens is 2. The SMILES string of the molecule is Cc1ncc(-c2c(F)cnc3nc(Cl)nc(N)c23)[nH]1. The van der Waals surface area contributed by atoms with Gasteiger partial charge in [-0.05, 0) is 18.5 Å². The average molecular weight is 279 g/mol. The Morgan fingerprint density at radius 1 is 1.26 bits per heavy atom. The molecule has 0 radical (unpaired) electrons. The summed E-state index contributed by atoms with van der Waals surface area (Å²) >= 11 is 5.71. The van der Waals surface area contributed by atoms with Crippen LogP contribution < -0.4 is 5.73 Å². The number of aromatic nitrogens is 5. The van der Waals surface area contributed by atoms with E-state index in [1.807, 2.05) is 0 Å². The van der Waals surface area contributed by atoms with E-state index in [9.17, 15) is 4.39 Å². The van der Waals surface area contributed by atoms with Crippen molar-refractivity contribution >= 4 is 28.5 Å². The van der Waals surface area contributed by atoms with E-state index < -0.39 is 5.82 Å². The van der Waals surface area contributed by atoms with Crippen LogP contribution in [0.2, 0.25) is 5.28 Å². The number of rotatable bonds is 1. The van der Waals surface area contributed by atoms with Crippen molar-refractivity contribution < 1.29 is 4.39 Å². The van der Waals surface area contributed by atoms with Crippen LogP contribution in [0, 0.1) is 12.7 Å². The van der Waals surface area contributed by atoms with E-state index in [2.05, 4.69) is 24.9 Å². The molecule has 6 nitrogen and oxygen atoms in total. The van der Waals surface area contributed by atoms with Gasteiger partial charge in [-0.25, -0.2) is 19.3 Å². The molecule has 0 aliphatic heterocycles. The summed E-state index contributed by atoms with van der Waals surface area (Å²) in [5.74, 6) is 0.200. The molecule has 3 aromatic heterocycles. The third-order valence-electron chi connectivity index (χ3n) is 2.65. The Morgan fingerprint density at radius 2 is 2.05 bits per heavy atom. The van der Waals surface area contributed by atoms with Crippen molar-refractivity contribution in [1.29, 1.82) is 0 Å². The summed E-state index contributed by atoms with van der Waals surface area (Å²) in [6.45, 7) is 1.77. The Balaban J connectivity index is 2.43. The number of fused-ring (bicyclic) bond motifs is 1. The first kappa shape index (κ1) is 11.8. The summed E-state index contributed by atoms with van der Waals surface area (Å²) in [6.07, 6.45) is 2.58. The first-order valence-corrected chi connectivity index (χ1v) is 5.73. The van der Waals surface area contributed by atoms with Crippen molar-refractivity contribution in [2.75, 3.05) is 5.73 Å². The molecule has 0 spiro atoms. The lowest BCUT2D eigenvalue weighted by atomic mass is 10.1. The number of hydrogen-bond donors (Lipinski definition) is 2. The Hall–Kier alpha value is -2.28. The van der Waals surface area contributed by atoms with E-state index in [0.29, 0.717) is 16.9 Å². The van der Waals surface area contributed by atoms with Crippen LogP contribution in [0.3, 0.4) is 0 Å². The molecule has 0 saturated heterocycles. The zero-order valence-corrected chi connectivity index (χ0v) is 10.5. The normalized spacial score (nSPS) is 11.1. The predicted octanol–water partition coefficient (Wildman–Crippen LogP) is 2.10. The highest BCUT2D eigenvalue weighted by Crippen LogP contribution is 2.31. The molecule has 3 heterocycles. The zero-order valence-electron chi connectivity index (χ0n) is 9.78. The molecule has 0 aliphatic carbocycles. The van der Waals surface area contributed by atoms with E-state index in [1.165, 1.54) is 6.20 Å². The minimum Gasteiger partial charge on any atom is -0.383 e. The largest absolute Gasteiger partial charge is 0.383 e. The van der Waals surface area contributed by atoms with Crippen LogP contribution in [0.5, 0.6) is 0 Å². The summed E-state index contributed by atoms with van der Waals surface area (Å²) in [4.78, 5) is 18.6. The number of anilines is 1. The molecule has 0 atom stereocenters. The number of imidazole rings is 1. The molecule has 0 amide bonds.